The Labute approximate surface area is 135 Å². The van der Waals surface area contributed by atoms with Gasteiger partial charge in [-0.05, 0) is 37.8 Å². The molecule has 1 aliphatic heterocycles. The van der Waals surface area contributed by atoms with E-state index in [1.54, 1.807) is 6.20 Å². The minimum Gasteiger partial charge on any atom is -0.339 e. The van der Waals surface area contributed by atoms with Crippen molar-refractivity contribution in [3.63, 3.8) is 0 Å². The number of benzene rings is 1. The maximum absolute atomic E-state index is 12.5. The van der Waals surface area contributed by atoms with E-state index in [1.165, 1.54) is 18.2 Å². The number of piperidine rings is 1. The summed E-state index contributed by atoms with van der Waals surface area (Å²) in [7, 11) is 0. The van der Waals surface area contributed by atoms with Gasteiger partial charge in [-0.1, -0.05) is 30.8 Å². The van der Waals surface area contributed by atoms with Crippen LogP contribution in [0.15, 0.2) is 35.5 Å². The second kappa shape index (κ2) is 7.09. The lowest BCUT2D eigenvalue weighted by Crippen LogP contribution is -2.44. The van der Waals surface area contributed by atoms with Crippen LogP contribution in [-0.4, -0.2) is 39.1 Å². The van der Waals surface area contributed by atoms with Crippen LogP contribution in [0.2, 0.25) is 0 Å². The van der Waals surface area contributed by atoms with Crippen LogP contribution in [0.25, 0.3) is 11.0 Å². The Morgan fingerprint density at radius 2 is 2.14 bits per heavy atom. The summed E-state index contributed by atoms with van der Waals surface area (Å²) < 4.78 is 0. The lowest BCUT2D eigenvalue weighted by molar-refractivity contribution is -0.132. The lowest BCUT2D eigenvalue weighted by atomic mass is 10.0. The largest absolute Gasteiger partial charge is 0.339 e. The van der Waals surface area contributed by atoms with Gasteiger partial charge in [0.05, 0.1) is 23.0 Å². The Morgan fingerprint density at radius 3 is 2.95 bits per heavy atom. The maximum Gasteiger partial charge on any atom is 0.233 e. The first-order valence-corrected chi connectivity index (χ1v) is 8.90. The standard InChI is InChI=1S/C17H21N3OS/c1-2-13-7-5-6-10-20(13)17(21)12-22-16-11-18-14-8-3-4-9-15(14)19-16/h3-4,8-9,11,13H,2,5-7,10,12H2,1H3. The number of thioether (sulfide) groups is 1. The molecule has 4 nitrogen and oxygen atoms in total. The Kier molecular flexibility index (Phi) is 4.93. The summed E-state index contributed by atoms with van der Waals surface area (Å²) in [5.74, 6) is 0.676. The van der Waals surface area contributed by atoms with Gasteiger partial charge in [-0.3, -0.25) is 9.78 Å². The second-order valence-corrected chi connectivity index (χ2v) is 6.63. The molecule has 2 heterocycles. The van der Waals surface area contributed by atoms with E-state index in [2.05, 4.69) is 21.8 Å². The van der Waals surface area contributed by atoms with Gasteiger partial charge in [0.1, 0.15) is 5.03 Å². The number of nitrogens with zero attached hydrogens (tertiary/aromatic N) is 3. The zero-order chi connectivity index (χ0) is 15.4. The molecule has 1 fully saturated rings. The number of carbonyl (C=O) groups is 1. The van der Waals surface area contributed by atoms with Gasteiger partial charge in [-0.25, -0.2) is 4.98 Å². The molecule has 0 spiro atoms. The zero-order valence-corrected chi connectivity index (χ0v) is 13.7. The van der Waals surface area contributed by atoms with Crippen LogP contribution in [0.1, 0.15) is 32.6 Å². The molecule has 1 aromatic heterocycles. The Morgan fingerprint density at radius 1 is 1.32 bits per heavy atom. The SMILES string of the molecule is CCC1CCCCN1C(=O)CSc1cnc2ccccc2n1. The molecule has 22 heavy (non-hydrogen) atoms. The van der Waals surface area contributed by atoms with Gasteiger partial charge < -0.3 is 4.90 Å². The highest BCUT2D eigenvalue weighted by atomic mass is 32.2. The van der Waals surface area contributed by atoms with Crippen molar-refractivity contribution in [2.75, 3.05) is 12.3 Å². The number of rotatable bonds is 4. The van der Waals surface area contributed by atoms with E-state index in [0.717, 1.165) is 41.9 Å². The Hall–Kier alpha value is -1.62. The summed E-state index contributed by atoms with van der Waals surface area (Å²) in [5, 5.41) is 0.817. The summed E-state index contributed by atoms with van der Waals surface area (Å²) in [4.78, 5) is 23.5. The van der Waals surface area contributed by atoms with Crippen LogP contribution < -0.4 is 0 Å². The first kappa shape index (κ1) is 15.3. The molecule has 1 aromatic carbocycles. The number of amides is 1. The molecule has 1 saturated heterocycles. The normalized spacial score (nSPS) is 18.6. The van der Waals surface area contributed by atoms with E-state index in [9.17, 15) is 4.79 Å². The molecular weight excluding hydrogens is 294 g/mol. The van der Waals surface area contributed by atoms with Gasteiger partial charge in [0.2, 0.25) is 5.91 Å². The van der Waals surface area contributed by atoms with E-state index in [0.29, 0.717) is 11.8 Å². The van der Waals surface area contributed by atoms with Crippen molar-refractivity contribution in [1.82, 2.24) is 14.9 Å². The molecule has 1 amide bonds. The summed E-state index contributed by atoms with van der Waals surface area (Å²) in [6.45, 7) is 3.07. The monoisotopic (exact) mass is 315 g/mol. The van der Waals surface area contributed by atoms with E-state index in [4.69, 9.17) is 0 Å². The van der Waals surface area contributed by atoms with Gasteiger partial charge in [0.15, 0.2) is 0 Å². The minimum absolute atomic E-state index is 0.228. The number of carbonyl (C=O) groups excluding carboxylic acids is 1. The van der Waals surface area contributed by atoms with Gasteiger partial charge in [0, 0.05) is 12.6 Å². The highest BCUT2D eigenvalue weighted by Gasteiger charge is 2.25. The third-order valence-electron chi connectivity index (χ3n) is 4.19. The predicted octanol–water partition coefficient (Wildman–Crippen LogP) is 3.51. The van der Waals surface area contributed by atoms with Gasteiger partial charge in [-0.2, -0.15) is 0 Å². The van der Waals surface area contributed by atoms with Crippen LogP contribution in [0.3, 0.4) is 0 Å². The van der Waals surface area contributed by atoms with E-state index >= 15 is 0 Å². The molecule has 1 unspecified atom stereocenters. The van der Waals surface area contributed by atoms with Crippen molar-refractivity contribution in [2.24, 2.45) is 0 Å². The molecule has 116 valence electrons. The van der Waals surface area contributed by atoms with Gasteiger partial charge in [0.25, 0.3) is 0 Å². The molecule has 1 aliphatic rings. The van der Waals surface area contributed by atoms with Crippen molar-refractivity contribution < 1.29 is 4.79 Å². The predicted molar refractivity (Wildman–Crippen MR) is 89.9 cm³/mol. The summed E-state index contributed by atoms with van der Waals surface area (Å²) in [6, 6.07) is 8.22. The molecule has 0 aliphatic carbocycles. The fourth-order valence-corrected chi connectivity index (χ4v) is 3.71. The maximum atomic E-state index is 12.5. The molecule has 1 atom stereocenters. The second-order valence-electron chi connectivity index (χ2n) is 5.63. The van der Waals surface area contributed by atoms with E-state index < -0.39 is 0 Å². The van der Waals surface area contributed by atoms with E-state index in [-0.39, 0.29) is 5.91 Å². The third-order valence-corrected chi connectivity index (χ3v) is 5.07. The summed E-state index contributed by atoms with van der Waals surface area (Å²) >= 11 is 1.48. The summed E-state index contributed by atoms with van der Waals surface area (Å²) in [6.07, 6.45) is 6.32. The number of fused-ring (bicyclic) bond motifs is 1. The number of hydrogen-bond acceptors (Lipinski definition) is 4. The van der Waals surface area contributed by atoms with Crippen molar-refractivity contribution in [2.45, 2.75) is 43.7 Å². The Bertz CT molecular complexity index is 661. The fourth-order valence-electron chi connectivity index (χ4n) is 2.98. The topological polar surface area (TPSA) is 46.1 Å². The number of hydrogen-bond donors (Lipinski definition) is 0. The fraction of sp³-hybridized carbons (Fsp3) is 0.471. The molecule has 0 bridgehead atoms. The zero-order valence-electron chi connectivity index (χ0n) is 12.9. The molecule has 2 aromatic rings. The van der Waals surface area contributed by atoms with Crippen molar-refractivity contribution in [1.29, 1.82) is 0 Å². The first-order valence-electron chi connectivity index (χ1n) is 7.92. The van der Waals surface area contributed by atoms with Crippen LogP contribution in [0.5, 0.6) is 0 Å². The average molecular weight is 315 g/mol. The average Bonchev–Trinajstić information content (AvgIpc) is 2.59. The minimum atomic E-state index is 0.228. The summed E-state index contributed by atoms with van der Waals surface area (Å²) in [5.41, 5.74) is 1.77. The van der Waals surface area contributed by atoms with E-state index in [1.807, 2.05) is 24.3 Å². The number of para-hydroxylation sites is 2. The first-order chi connectivity index (χ1) is 10.8. The highest BCUT2D eigenvalue weighted by Crippen LogP contribution is 2.23. The van der Waals surface area contributed by atoms with Gasteiger partial charge in [-0.15, -0.1) is 0 Å². The van der Waals surface area contributed by atoms with Crippen molar-refractivity contribution in [3.05, 3.63) is 30.5 Å². The van der Waals surface area contributed by atoms with Crippen LogP contribution in [0, 0.1) is 0 Å². The smallest absolute Gasteiger partial charge is 0.233 e. The molecule has 3 rings (SSSR count). The highest BCUT2D eigenvalue weighted by molar-refractivity contribution is 7.99. The van der Waals surface area contributed by atoms with Crippen molar-refractivity contribution in [3.8, 4) is 0 Å². The van der Waals surface area contributed by atoms with Crippen LogP contribution >= 0.6 is 11.8 Å². The quantitative estimate of drug-likeness (QED) is 0.810. The molecule has 0 radical (unpaired) electrons. The Balaban J connectivity index is 1.64. The number of likely N-dealkylation sites (tertiary alicyclic amines) is 1. The molecule has 0 N–H and O–H groups in total. The molecule has 0 saturated carbocycles. The van der Waals surface area contributed by atoms with Crippen LogP contribution in [-0.2, 0) is 4.79 Å². The third kappa shape index (κ3) is 3.40. The molecular formula is C17H21N3OS. The lowest BCUT2D eigenvalue weighted by Gasteiger charge is -2.35. The van der Waals surface area contributed by atoms with Crippen molar-refractivity contribution >= 4 is 28.7 Å². The molecule has 5 heteroatoms. The van der Waals surface area contributed by atoms with Gasteiger partial charge >= 0.3 is 0 Å². The van der Waals surface area contributed by atoms with Crippen LogP contribution in [0.4, 0.5) is 0 Å². The number of aromatic nitrogens is 2.